The van der Waals surface area contributed by atoms with Crippen molar-refractivity contribution in [1.82, 2.24) is 0 Å². The molecule has 6 aromatic carbocycles. The highest BCUT2D eigenvalue weighted by Crippen LogP contribution is 2.47. The van der Waals surface area contributed by atoms with Gasteiger partial charge in [-0.25, -0.2) is 0 Å². The molecule has 0 spiro atoms. The molecular formula is C39H26S2. The zero-order valence-corrected chi connectivity index (χ0v) is 24.3. The van der Waals surface area contributed by atoms with Gasteiger partial charge in [0, 0.05) is 45.9 Å². The molecule has 0 saturated heterocycles. The van der Waals surface area contributed by atoms with E-state index in [0.29, 0.717) is 0 Å². The number of benzene rings is 6. The van der Waals surface area contributed by atoms with Crippen LogP contribution in [-0.2, 0) is 0 Å². The number of fused-ring (bicyclic) bond motifs is 6. The summed E-state index contributed by atoms with van der Waals surface area (Å²) in [5, 5.41) is 5.35. The van der Waals surface area contributed by atoms with Crippen molar-refractivity contribution in [3.63, 3.8) is 0 Å². The van der Waals surface area contributed by atoms with Gasteiger partial charge >= 0.3 is 0 Å². The first-order valence-corrected chi connectivity index (χ1v) is 15.5. The van der Waals surface area contributed by atoms with Crippen LogP contribution in [0.5, 0.6) is 0 Å². The summed E-state index contributed by atoms with van der Waals surface area (Å²) in [6.45, 7) is 6.84. The average Bonchev–Trinajstić information content (AvgIpc) is 3.60. The van der Waals surface area contributed by atoms with Gasteiger partial charge in [-0.3, -0.25) is 0 Å². The summed E-state index contributed by atoms with van der Waals surface area (Å²) < 4.78 is 5.35. The zero-order chi connectivity index (χ0) is 27.5. The van der Waals surface area contributed by atoms with E-state index in [2.05, 4.69) is 141 Å². The highest BCUT2D eigenvalue weighted by molar-refractivity contribution is 7.26. The van der Waals surface area contributed by atoms with E-state index in [1.54, 1.807) is 0 Å². The predicted molar refractivity (Wildman–Crippen MR) is 182 cm³/mol. The van der Waals surface area contributed by atoms with Crippen LogP contribution in [-0.4, -0.2) is 0 Å². The Morgan fingerprint density at radius 3 is 2.02 bits per heavy atom. The molecule has 0 aliphatic heterocycles. The molecule has 2 aromatic heterocycles. The molecule has 8 rings (SSSR count). The molecule has 0 unspecified atom stereocenters. The lowest BCUT2D eigenvalue weighted by Gasteiger charge is -2.17. The maximum absolute atomic E-state index is 4.55. The van der Waals surface area contributed by atoms with Gasteiger partial charge in [0.15, 0.2) is 0 Å². The monoisotopic (exact) mass is 558 g/mol. The van der Waals surface area contributed by atoms with E-state index in [1.165, 1.54) is 73.7 Å². The summed E-state index contributed by atoms with van der Waals surface area (Å²) in [4.78, 5) is 0. The molecule has 0 aliphatic carbocycles. The number of rotatable bonds is 4. The Bertz CT molecular complexity index is 2280. The topological polar surface area (TPSA) is 0 Å². The molecule has 0 atom stereocenters. The first kappa shape index (κ1) is 24.3. The number of thiophene rings is 2. The van der Waals surface area contributed by atoms with Crippen molar-refractivity contribution in [2.24, 2.45) is 0 Å². The highest BCUT2D eigenvalue weighted by atomic mass is 32.1. The summed E-state index contributed by atoms with van der Waals surface area (Å²) >= 11 is 3.78. The molecule has 194 valence electrons. The van der Waals surface area contributed by atoms with Crippen molar-refractivity contribution < 1.29 is 0 Å². The van der Waals surface area contributed by atoms with E-state index < -0.39 is 0 Å². The SMILES string of the molecule is C=C(c1ccccc1)c1ccccc1-c1cc(-c2ccc3sc4ccccc4c3c2)c2sc3ccccc3c2c1C. The van der Waals surface area contributed by atoms with Crippen molar-refractivity contribution in [2.75, 3.05) is 0 Å². The normalized spacial score (nSPS) is 11.6. The van der Waals surface area contributed by atoms with Crippen LogP contribution in [0.15, 0.2) is 134 Å². The summed E-state index contributed by atoms with van der Waals surface area (Å²) in [6, 6.07) is 46.3. The van der Waals surface area contributed by atoms with Crippen molar-refractivity contribution in [3.05, 3.63) is 151 Å². The van der Waals surface area contributed by atoms with Crippen molar-refractivity contribution >= 4 is 68.6 Å². The second-order valence-electron chi connectivity index (χ2n) is 10.6. The molecule has 0 bridgehead atoms. The second kappa shape index (κ2) is 9.55. The lowest BCUT2D eigenvalue weighted by atomic mass is 9.86. The maximum Gasteiger partial charge on any atom is 0.0436 e. The van der Waals surface area contributed by atoms with Gasteiger partial charge in [-0.1, -0.05) is 104 Å². The van der Waals surface area contributed by atoms with Crippen LogP contribution < -0.4 is 0 Å². The predicted octanol–water partition coefficient (Wildman–Crippen LogP) is 12.1. The van der Waals surface area contributed by atoms with Gasteiger partial charge in [0.1, 0.15) is 0 Å². The highest BCUT2D eigenvalue weighted by Gasteiger charge is 2.20. The largest absolute Gasteiger partial charge is 0.135 e. The maximum atomic E-state index is 4.55. The van der Waals surface area contributed by atoms with Gasteiger partial charge in [0.2, 0.25) is 0 Å². The Hall–Kier alpha value is -4.50. The molecule has 2 heterocycles. The Balaban J connectivity index is 1.44. The zero-order valence-electron chi connectivity index (χ0n) is 22.6. The molecule has 0 aliphatic rings. The van der Waals surface area contributed by atoms with Gasteiger partial charge in [-0.2, -0.15) is 0 Å². The summed E-state index contributed by atoms with van der Waals surface area (Å²) in [6.07, 6.45) is 0. The minimum absolute atomic E-state index is 1.04. The second-order valence-corrected chi connectivity index (χ2v) is 12.7. The molecular weight excluding hydrogens is 533 g/mol. The average molecular weight is 559 g/mol. The molecule has 41 heavy (non-hydrogen) atoms. The number of hydrogen-bond acceptors (Lipinski definition) is 2. The van der Waals surface area contributed by atoms with Crippen LogP contribution >= 0.6 is 22.7 Å². The van der Waals surface area contributed by atoms with Gasteiger partial charge in [0.25, 0.3) is 0 Å². The van der Waals surface area contributed by atoms with Crippen molar-refractivity contribution in [1.29, 1.82) is 0 Å². The van der Waals surface area contributed by atoms with Crippen LogP contribution in [0.4, 0.5) is 0 Å². The third-order valence-corrected chi connectivity index (χ3v) is 10.6. The van der Waals surface area contributed by atoms with Crippen molar-refractivity contribution in [2.45, 2.75) is 6.92 Å². The lowest BCUT2D eigenvalue weighted by Crippen LogP contribution is -1.94. The van der Waals surface area contributed by atoms with E-state index in [-0.39, 0.29) is 0 Å². The smallest absolute Gasteiger partial charge is 0.0436 e. The van der Waals surface area contributed by atoms with Gasteiger partial charge in [-0.05, 0) is 76.2 Å². The third kappa shape index (κ3) is 3.87. The molecule has 2 heteroatoms. The van der Waals surface area contributed by atoms with Crippen LogP contribution in [0.1, 0.15) is 16.7 Å². The fraction of sp³-hybridized carbons (Fsp3) is 0.0256. The quantitative estimate of drug-likeness (QED) is 0.201. The van der Waals surface area contributed by atoms with Gasteiger partial charge < -0.3 is 0 Å². The summed E-state index contributed by atoms with van der Waals surface area (Å²) in [5.41, 5.74) is 9.72. The van der Waals surface area contributed by atoms with E-state index in [0.717, 1.165) is 11.1 Å². The lowest BCUT2D eigenvalue weighted by molar-refractivity contribution is 1.49. The van der Waals surface area contributed by atoms with E-state index in [4.69, 9.17) is 0 Å². The standard InChI is InChI=1S/C39H26S2/c1-24(26-12-4-3-5-13-26)28-14-6-7-15-29(28)32-23-33(39-38(25(32)2)31-17-9-11-19-36(31)41-39)27-20-21-37-34(22-27)30-16-8-10-18-35(30)40-37/h3-23H,1H2,2H3. The minimum Gasteiger partial charge on any atom is -0.135 e. The Labute approximate surface area is 247 Å². The Morgan fingerprint density at radius 2 is 1.20 bits per heavy atom. The third-order valence-electron chi connectivity index (χ3n) is 8.26. The molecule has 0 fully saturated rings. The molecule has 0 radical (unpaired) electrons. The molecule has 8 aromatic rings. The van der Waals surface area contributed by atoms with E-state index >= 15 is 0 Å². The molecule has 0 nitrogen and oxygen atoms in total. The number of hydrogen-bond donors (Lipinski definition) is 0. The summed E-state index contributed by atoms with van der Waals surface area (Å²) in [7, 11) is 0. The Kier molecular flexibility index (Phi) is 5.67. The fourth-order valence-corrected chi connectivity index (χ4v) is 8.61. The van der Waals surface area contributed by atoms with Crippen LogP contribution in [0, 0.1) is 6.92 Å². The van der Waals surface area contributed by atoms with E-state index in [1.807, 2.05) is 22.7 Å². The molecule has 0 N–H and O–H groups in total. The van der Waals surface area contributed by atoms with Crippen LogP contribution in [0.3, 0.4) is 0 Å². The van der Waals surface area contributed by atoms with Crippen LogP contribution in [0.25, 0.3) is 68.2 Å². The molecule has 0 saturated carbocycles. The fourth-order valence-electron chi connectivity index (χ4n) is 6.22. The summed E-state index contributed by atoms with van der Waals surface area (Å²) in [5.74, 6) is 0. The minimum atomic E-state index is 1.04. The molecule has 0 amide bonds. The first-order valence-electron chi connectivity index (χ1n) is 13.9. The van der Waals surface area contributed by atoms with Crippen LogP contribution in [0.2, 0.25) is 0 Å². The van der Waals surface area contributed by atoms with E-state index in [9.17, 15) is 0 Å². The number of aryl methyl sites for hydroxylation is 1. The van der Waals surface area contributed by atoms with Gasteiger partial charge in [0.05, 0.1) is 0 Å². The first-order chi connectivity index (χ1) is 20.2. The van der Waals surface area contributed by atoms with Crippen molar-refractivity contribution in [3.8, 4) is 22.3 Å². The Morgan fingerprint density at radius 1 is 0.537 bits per heavy atom. The van der Waals surface area contributed by atoms with Gasteiger partial charge in [-0.15, -0.1) is 22.7 Å².